The molecule has 1 aliphatic rings. The Morgan fingerprint density at radius 1 is 1.05 bits per heavy atom. The van der Waals surface area contributed by atoms with E-state index in [1.165, 1.54) is 50.0 Å². The van der Waals surface area contributed by atoms with Crippen LogP contribution in [0.15, 0.2) is 24.3 Å². The van der Waals surface area contributed by atoms with Crippen molar-refractivity contribution < 1.29 is 0 Å². The average molecular weight is 297 g/mol. The molecule has 1 aliphatic heterocycles. The Kier molecular flexibility index (Phi) is 7.39. The summed E-state index contributed by atoms with van der Waals surface area (Å²) < 4.78 is 0. The van der Waals surface area contributed by atoms with Crippen molar-refractivity contribution in [2.45, 2.75) is 52.0 Å². The van der Waals surface area contributed by atoms with Crippen LogP contribution in [0.5, 0.6) is 0 Å². The lowest BCUT2D eigenvalue weighted by atomic mass is 9.96. The van der Waals surface area contributed by atoms with E-state index in [2.05, 4.69) is 43.0 Å². The molecule has 1 fully saturated rings. The summed E-state index contributed by atoms with van der Waals surface area (Å²) in [5.74, 6) is 0.730. The molecule has 0 aliphatic carbocycles. The monoisotopic (exact) mass is 296 g/mol. The summed E-state index contributed by atoms with van der Waals surface area (Å²) in [4.78, 5) is 2.52. The van der Waals surface area contributed by atoms with Gasteiger partial charge in [0.25, 0.3) is 0 Å². The third-order valence-corrected chi connectivity index (χ3v) is 4.09. The van der Waals surface area contributed by atoms with Crippen LogP contribution in [0, 0.1) is 5.92 Å². The van der Waals surface area contributed by atoms with Gasteiger partial charge in [-0.2, -0.15) is 0 Å². The Labute approximate surface area is 130 Å². The fourth-order valence-electron chi connectivity index (χ4n) is 2.89. The molecule has 0 spiro atoms. The molecule has 1 unspecified atom stereocenters. The number of para-hydroxylation sites is 1. The van der Waals surface area contributed by atoms with E-state index >= 15 is 0 Å². The Morgan fingerprint density at radius 2 is 1.70 bits per heavy atom. The first kappa shape index (κ1) is 17.3. The van der Waals surface area contributed by atoms with E-state index in [9.17, 15) is 0 Å². The van der Waals surface area contributed by atoms with Crippen LogP contribution in [0.25, 0.3) is 0 Å². The second-order valence-electron chi connectivity index (χ2n) is 6.18. The zero-order valence-corrected chi connectivity index (χ0v) is 13.7. The molecule has 3 heteroatoms. The van der Waals surface area contributed by atoms with Crippen molar-refractivity contribution in [2.24, 2.45) is 11.7 Å². The quantitative estimate of drug-likeness (QED) is 0.864. The minimum absolute atomic E-state index is 0. The van der Waals surface area contributed by atoms with Gasteiger partial charge in [0.15, 0.2) is 0 Å². The summed E-state index contributed by atoms with van der Waals surface area (Å²) in [6, 6.07) is 8.91. The van der Waals surface area contributed by atoms with E-state index < -0.39 is 0 Å². The molecular formula is C17H29ClN2. The number of benzene rings is 1. The van der Waals surface area contributed by atoms with Crippen LogP contribution in [0.1, 0.15) is 57.6 Å². The number of hydrogen-bond acceptors (Lipinski definition) is 2. The Hall–Kier alpha value is -0.730. The third-order valence-electron chi connectivity index (χ3n) is 4.09. The maximum atomic E-state index is 6.42. The van der Waals surface area contributed by atoms with Crippen LogP contribution < -0.4 is 10.6 Å². The lowest BCUT2D eigenvalue weighted by molar-refractivity contribution is 0.505. The van der Waals surface area contributed by atoms with Gasteiger partial charge in [-0.1, -0.05) is 32.0 Å². The molecule has 2 rings (SSSR count). The number of hydrogen-bond donors (Lipinski definition) is 1. The van der Waals surface area contributed by atoms with Crippen LogP contribution in [0.2, 0.25) is 0 Å². The zero-order valence-electron chi connectivity index (χ0n) is 12.8. The highest BCUT2D eigenvalue weighted by Crippen LogP contribution is 2.30. The van der Waals surface area contributed by atoms with E-state index in [0.29, 0.717) is 0 Å². The number of nitrogens with two attached hydrogens (primary N) is 1. The van der Waals surface area contributed by atoms with Crippen molar-refractivity contribution in [1.82, 2.24) is 0 Å². The molecule has 0 aromatic heterocycles. The standard InChI is InChI=1S/C17H28N2.ClH/c1-14(2)10-11-16(18)15-8-4-5-9-17(15)19-12-6-3-7-13-19;/h4-5,8-9,14,16H,3,6-7,10-13,18H2,1-2H3;1H. The van der Waals surface area contributed by atoms with Crippen molar-refractivity contribution in [3.8, 4) is 0 Å². The lowest BCUT2D eigenvalue weighted by Gasteiger charge is -2.32. The van der Waals surface area contributed by atoms with E-state index in [4.69, 9.17) is 5.73 Å². The van der Waals surface area contributed by atoms with E-state index in [0.717, 1.165) is 12.3 Å². The molecule has 2 nitrogen and oxygen atoms in total. The van der Waals surface area contributed by atoms with Gasteiger partial charge >= 0.3 is 0 Å². The first-order chi connectivity index (χ1) is 9.18. The maximum absolute atomic E-state index is 6.42. The Bertz CT molecular complexity index is 386. The molecule has 20 heavy (non-hydrogen) atoms. The van der Waals surface area contributed by atoms with Crippen LogP contribution in [0.4, 0.5) is 5.69 Å². The Morgan fingerprint density at radius 3 is 2.35 bits per heavy atom. The molecule has 0 bridgehead atoms. The van der Waals surface area contributed by atoms with Crippen LogP contribution >= 0.6 is 12.4 Å². The molecule has 2 N–H and O–H groups in total. The smallest absolute Gasteiger partial charge is 0.0414 e. The molecule has 1 saturated heterocycles. The van der Waals surface area contributed by atoms with Gasteiger partial charge in [-0.25, -0.2) is 0 Å². The molecule has 114 valence electrons. The highest BCUT2D eigenvalue weighted by molar-refractivity contribution is 5.85. The number of piperidine rings is 1. The minimum atomic E-state index is 0. The minimum Gasteiger partial charge on any atom is -0.371 e. The van der Waals surface area contributed by atoms with Gasteiger partial charge in [-0.05, 0) is 49.7 Å². The average Bonchev–Trinajstić information content (AvgIpc) is 2.45. The predicted molar refractivity (Wildman–Crippen MR) is 90.8 cm³/mol. The van der Waals surface area contributed by atoms with Gasteiger partial charge in [-0.3, -0.25) is 0 Å². The fourth-order valence-corrected chi connectivity index (χ4v) is 2.89. The first-order valence-corrected chi connectivity index (χ1v) is 7.78. The summed E-state index contributed by atoms with van der Waals surface area (Å²) in [6.45, 7) is 6.91. The highest BCUT2D eigenvalue weighted by Gasteiger charge is 2.17. The third kappa shape index (κ3) is 4.68. The number of halogens is 1. The van der Waals surface area contributed by atoms with Crippen molar-refractivity contribution in [2.75, 3.05) is 18.0 Å². The summed E-state index contributed by atoms with van der Waals surface area (Å²) >= 11 is 0. The number of rotatable bonds is 5. The molecule has 1 heterocycles. The van der Waals surface area contributed by atoms with Crippen molar-refractivity contribution in [3.05, 3.63) is 29.8 Å². The summed E-state index contributed by atoms with van der Waals surface area (Å²) in [5.41, 5.74) is 9.14. The van der Waals surface area contributed by atoms with Crippen LogP contribution in [0.3, 0.4) is 0 Å². The predicted octanol–water partition coefficient (Wildman–Crippen LogP) is 4.53. The molecule has 1 aromatic carbocycles. The van der Waals surface area contributed by atoms with E-state index in [-0.39, 0.29) is 18.4 Å². The SMILES string of the molecule is CC(C)CCC(N)c1ccccc1N1CCCCC1.Cl. The van der Waals surface area contributed by atoms with Gasteiger partial charge in [0.1, 0.15) is 0 Å². The van der Waals surface area contributed by atoms with Gasteiger partial charge in [-0.15, -0.1) is 12.4 Å². The van der Waals surface area contributed by atoms with Gasteiger partial charge in [0.05, 0.1) is 0 Å². The van der Waals surface area contributed by atoms with Gasteiger partial charge in [0.2, 0.25) is 0 Å². The fraction of sp³-hybridized carbons (Fsp3) is 0.647. The highest BCUT2D eigenvalue weighted by atomic mass is 35.5. The van der Waals surface area contributed by atoms with Crippen LogP contribution in [-0.4, -0.2) is 13.1 Å². The van der Waals surface area contributed by atoms with Crippen molar-refractivity contribution in [1.29, 1.82) is 0 Å². The molecule has 0 radical (unpaired) electrons. The summed E-state index contributed by atoms with van der Waals surface area (Å²) in [6.07, 6.45) is 6.29. The van der Waals surface area contributed by atoms with Crippen molar-refractivity contribution >= 4 is 18.1 Å². The topological polar surface area (TPSA) is 29.3 Å². The van der Waals surface area contributed by atoms with Gasteiger partial charge in [0, 0.05) is 24.8 Å². The second kappa shape index (κ2) is 8.53. The molecule has 0 amide bonds. The molecule has 1 aromatic rings. The molecular weight excluding hydrogens is 268 g/mol. The van der Waals surface area contributed by atoms with Crippen molar-refractivity contribution in [3.63, 3.8) is 0 Å². The maximum Gasteiger partial charge on any atom is 0.0414 e. The van der Waals surface area contributed by atoms with Gasteiger partial charge < -0.3 is 10.6 Å². The largest absolute Gasteiger partial charge is 0.371 e. The summed E-state index contributed by atoms with van der Waals surface area (Å²) in [5, 5.41) is 0. The van der Waals surface area contributed by atoms with E-state index in [1.54, 1.807) is 0 Å². The zero-order chi connectivity index (χ0) is 13.7. The summed E-state index contributed by atoms with van der Waals surface area (Å²) in [7, 11) is 0. The first-order valence-electron chi connectivity index (χ1n) is 7.78. The lowest BCUT2D eigenvalue weighted by Crippen LogP contribution is -2.31. The Balaban J connectivity index is 0.00000200. The molecule has 1 atom stereocenters. The normalized spacial score (nSPS) is 16.9. The number of nitrogens with zero attached hydrogens (tertiary/aromatic N) is 1. The van der Waals surface area contributed by atoms with E-state index in [1.807, 2.05) is 0 Å². The van der Waals surface area contributed by atoms with Crippen LogP contribution in [-0.2, 0) is 0 Å². The molecule has 0 saturated carbocycles. The second-order valence-corrected chi connectivity index (χ2v) is 6.18. The number of anilines is 1.